The molecule has 2 nitrogen and oxygen atoms in total. The summed E-state index contributed by atoms with van der Waals surface area (Å²) in [5.41, 5.74) is 2.25. The highest BCUT2D eigenvalue weighted by atomic mass is 16.4. The van der Waals surface area contributed by atoms with Gasteiger partial charge in [0.25, 0.3) is 0 Å². The number of hydrogen-bond donors (Lipinski definition) is 1. The summed E-state index contributed by atoms with van der Waals surface area (Å²) in [7, 11) is 0. The van der Waals surface area contributed by atoms with E-state index in [9.17, 15) is 5.21 Å². The molecule has 6 atom stereocenters. The molecule has 0 aromatic carbocycles. The topological polar surface area (TPSA) is 32.6 Å². The highest BCUT2D eigenvalue weighted by Gasteiger charge is 2.59. The predicted octanol–water partition coefficient (Wildman–Crippen LogP) is 5.25. The monoisotopic (exact) mass is 289 g/mol. The number of nitrogens with zero attached hydrogens (tertiary/aromatic N) is 1. The molecule has 0 amide bonds. The molecule has 0 bridgehead atoms. The van der Waals surface area contributed by atoms with Gasteiger partial charge in [-0.25, -0.2) is 0 Å². The number of fused-ring (bicyclic) bond motifs is 5. The van der Waals surface area contributed by atoms with Crippen molar-refractivity contribution in [2.75, 3.05) is 0 Å². The van der Waals surface area contributed by atoms with Crippen LogP contribution in [0.15, 0.2) is 5.16 Å². The molecular weight excluding hydrogens is 258 g/mol. The lowest BCUT2D eigenvalue weighted by atomic mass is 9.45. The Hall–Kier alpha value is -0.530. The lowest BCUT2D eigenvalue weighted by Gasteiger charge is -2.59. The highest BCUT2D eigenvalue weighted by Crippen LogP contribution is 2.65. The summed E-state index contributed by atoms with van der Waals surface area (Å²) in [5, 5.41) is 13.6. The van der Waals surface area contributed by atoms with Gasteiger partial charge in [-0.05, 0) is 73.5 Å². The van der Waals surface area contributed by atoms with E-state index in [-0.39, 0.29) is 0 Å². The minimum atomic E-state index is 0.529. The van der Waals surface area contributed by atoms with Gasteiger partial charge in [0, 0.05) is 5.92 Å². The zero-order valence-electron chi connectivity index (χ0n) is 13.8. The Labute approximate surface area is 129 Å². The van der Waals surface area contributed by atoms with Gasteiger partial charge in [-0.1, -0.05) is 38.3 Å². The first kappa shape index (κ1) is 14.1. The summed E-state index contributed by atoms with van der Waals surface area (Å²) < 4.78 is 0. The maximum Gasteiger partial charge on any atom is 0.0610 e. The van der Waals surface area contributed by atoms with Gasteiger partial charge >= 0.3 is 0 Å². The van der Waals surface area contributed by atoms with E-state index < -0.39 is 0 Å². The van der Waals surface area contributed by atoms with Crippen LogP contribution in [-0.4, -0.2) is 10.9 Å². The van der Waals surface area contributed by atoms with E-state index in [1.165, 1.54) is 63.5 Å². The third-order valence-corrected chi connectivity index (χ3v) is 8.32. The van der Waals surface area contributed by atoms with Crippen LogP contribution in [0.25, 0.3) is 0 Å². The Balaban J connectivity index is 1.74. The summed E-state index contributed by atoms with van der Waals surface area (Å²) >= 11 is 0. The molecule has 0 heterocycles. The van der Waals surface area contributed by atoms with E-state index >= 15 is 0 Å². The molecule has 1 N–H and O–H groups in total. The first-order valence-electron chi connectivity index (χ1n) is 9.29. The minimum absolute atomic E-state index is 0.529. The van der Waals surface area contributed by atoms with Crippen molar-refractivity contribution in [1.29, 1.82) is 0 Å². The molecular formula is C19H31NO. The smallest absolute Gasteiger partial charge is 0.0610 e. The van der Waals surface area contributed by atoms with E-state index in [1.807, 2.05) is 0 Å². The third kappa shape index (κ3) is 1.86. The van der Waals surface area contributed by atoms with Crippen LogP contribution in [0.2, 0.25) is 0 Å². The molecule has 4 aliphatic carbocycles. The molecule has 0 aromatic heterocycles. The normalized spacial score (nSPS) is 54.9. The van der Waals surface area contributed by atoms with E-state index in [0.717, 1.165) is 24.2 Å². The molecule has 0 aliphatic heterocycles. The van der Waals surface area contributed by atoms with Crippen molar-refractivity contribution in [3.05, 3.63) is 0 Å². The Morgan fingerprint density at radius 2 is 1.81 bits per heavy atom. The molecule has 4 aliphatic rings. The van der Waals surface area contributed by atoms with Gasteiger partial charge in [-0.15, -0.1) is 0 Å². The van der Waals surface area contributed by atoms with Crippen molar-refractivity contribution >= 4 is 5.71 Å². The predicted molar refractivity (Wildman–Crippen MR) is 85.6 cm³/mol. The van der Waals surface area contributed by atoms with Crippen LogP contribution in [0.4, 0.5) is 0 Å². The maximum absolute atomic E-state index is 9.70. The fraction of sp³-hybridized carbons (Fsp3) is 0.947. The summed E-state index contributed by atoms with van der Waals surface area (Å²) in [6.45, 7) is 5.10. The highest BCUT2D eigenvalue weighted by molar-refractivity contribution is 5.88. The molecule has 0 saturated heterocycles. The summed E-state index contributed by atoms with van der Waals surface area (Å²) in [6.07, 6.45) is 13.6. The molecule has 4 rings (SSSR count). The first-order chi connectivity index (χ1) is 10.1. The largest absolute Gasteiger partial charge is 0.411 e. The van der Waals surface area contributed by atoms with Crippen molar-refractivity contribution in [3.63, 3.8) is 0 Å². The molecule has 4 fully saturated rings. The second-order valence-electron chi connectivity index (χ2n) is 9.07. The summed E-state index contributed by atoms with van der Waals surface area (Å²) in [5.74, 6) is 2.96. The van der Waals surface area contributed by atoms with E-state index in [1.54, 1.807) is 0 Å². The number of rotatable bonds is 0. The van der Waals surface area contributed by atoms with Crippen molar-refractivity contribution in [1.82, 2.24) is 0 Å². The van der Waals surface area contributed by atoms with E-state index in [0.29, 0.717) is 16.7 Å². The second-order valence-corrected chi connectivity index (χ2v) is 9.07. The standard InChI is InChI=1S/C19H31NO/c1-18-9-5-7-14(18)17-15(8-11-18)19(2)10-4-3-6-13(19)12-16(17)20-21/h13-15,17,21H,3-12H2,1-2H3/t13-,14+,15+,17+,18+,19+/m1/s1. The SMILES string of the molecule is C[C@@]12CCC[C@H]1[C@@H]1C(=NO)C[C@H]3CCCC[C@]3(C)[C@H]1CC2. The van der Waals surface area contributed by atoms with Crippen molar-refractivity contribution in [2.45, 2.75) is 78.1 Å². The molecule has 0 unspecified atom stereocenters. The van der Waals surface area contributed by atoms with Gasteiger partial charge in [0.15, 0.2) is 0 Å². The van der Waals surface area contributed by atoms with Crippen LogP contribution in [0, 0.1) is 34.5 Å². The summed E-state index contributed by atoms with van der Waals surface area (Å²) in [6, 6.07) is 0. The molecule has 4 saturated carbocycles. The quantitative estimate of drug-likeness (QED) is 0.479. The van der Waals surface area contributed by atoms with Crippen LogP contribution in [-0.2, 0) is 0 Å². The zero-order chi connectivity index (χ0) is 14.7. The molecule has 118 valence electrons. The minimum Gasteiger partial charge on any atom is -0.411 e. The third-order valence-electron chi connectivity index (χ3n) is 8.32. The molecule has 2 heteroatoms. The van der Waals surface area contributed by atoms with E-state index in [2.05, 4.69) is 19.0 Å². The summed E-state index contributed by atoms with van der Waals surface area (Å²) in [4.78, 5) is 0. The van der Waals surface area contributed by atoms with Crippen LogP contribution < -0.4 is 0 Å². The van der Waals surface area contributed by atoms with Gasteiger partial charge in [-0.3, -0.25) is 0 Å². The fourth-order valence-corrected chi connectivity index (χ4v) is 7.08. The average molecular weight is 289 g/mol. The van der Waals surface area contributed by atoms with Gasteiger partial charge in [0.2, 0.25) is 0 Å². The first-order valence-corrected chi connectivity index (χ1v) is 9.29. The molecule has 0 spiro atoms. The molecule has 0 radical (unpaired) electrons. The molecule has 0 aromatic rings. The van der Waals surface area contributed by atoms with Crippen LogP contribution in [0.3, 0.4) is 0 Å². The lowest BCUT2D eigenvalue weighted by Crippen LogP contribution is -2.55. The Morgan fingerprint density at radius 3 is 2.62 bits per heavy atom. The van der Waals surface area contributed by atoms with Crippen molar-refractivity contribution in [3.8, 4) is 0 Å². The van der Waals surface area contributed by atoms with Crippen molar-refractivity contribution in [2.24, 2.45) is 39.7 Å². The van der Waals surface area contributed by atoms with Crippen LogP contribution in [0.1, 0.15) is 78.1 Å². The zero-order valence-corrected chi connectivity index (χ0v) is 13.8. The van der Waals surface area contributed by atoms with Crippen LogP contribution >= 0.6 is 0 Å². The van der Waals surface area contributed by atoms with Crippen LogP contribution in [0.5, 0.6) is 0 Å². The van der Waals surface area contributed by atoms with Gasteiger partial charge in [0.1, 0.15) is 0 Å². The number of hydrogen-bond acceptors (Lipinski definition) is 2. The Bertz CT molecular complexity index is 458. The second kappa shape index (κ2) is 4.73. The number of oxime groups is 1. The maximum atomic E-state index is 9.70. The fourth-order valence-electron chi connectivity index (χ4n) is 7.08. The van der Waals surface area contributed by atoms with Gasteiger partial charge in [-0.2, -0.15) is 0 Å². The lowest BCUT2D eigenvalue weighted by molar-refractivity contribution is -0.0580. The Morgan fingerprint density at radius 1 is 0.952 bits per heavy atom. The average Bonchev–Trinajstić information content (AvgIpc) is 2.87. The van der Waals surface area contributed by atoms with Gasteiger partial charge in [0.05, 0.1) is 5.71 Å². The van der Waals surface area contributed by atoms with E-state index in [4.69, 9.17) is 0 Å². The molecule has 21 heavy (non-hydrogen) atoms. The van der Waals surface area contributed by atoms with Gasteiger partial charge < -0.3 is 5.21 Å². The van der Waals surface area contributed by atoms with Crippen molar-refractivity contribution < 1.29 is 5.21 Å². The Kier molecular flexibility index (Phi) is 3.17.